The minimum absolute atomic E-state index is 0.0224. The van der Waals surface area contributed by atoms with Crippen LogP contribution in [0.5, 0.6) is 0 Å². The molecule has 0 aromatic heterocycles. The highest BCUT2D eigenvalue weighted by atomic mass is 16.1. The predicted molar refractivity (Wildman–Crippen MR) is 86.7 cm³/mol. The van der Waals surface area contributed by atoms with Crippen LogP contribution < -0.4 is 5.32 Å². The molecule has 0 aliphatic rings. The third-order valence-electron chi connectivity index (χ3n) is 3.31. The number of amides is 1. The summed E-state index contributed by atoms with van der Waals surface area (Å²) in [5.74, 6) is -0.0224. The molecule has 1 aromatic carbocycles. The van der Waals surface area contributed by atoms with Gasteiger partial charge in [-0.25, -0.2) is 0 Å². The summed E-state index contributed by atoms with van der Waals surface area (Å²) in [4.78, 5) is 11.7. The van der Waals surface area contributed by atoms with Crippen molar-refractivity contribution in [1.82, 2.24) is 5.32 Å². The molecule has 0 radical (unpaired) electrons. The van der Waals surface area contributed by atoms with Crippen LogP contribution in [0.15, 0.2) is 30.3 Å². The predicted octanol–water partition coefficient (Wildman–Crippen LogP) is 4.30. The number of benzene rings is 1. The Bertz CT molecular complexity index is 451. The quantitative estimate of drug-likeness (QED) is 0.796. The largest absolute Gasteiger partial charge is 0.350 e. The zero-order valence-corrected chi connectivity index (χ0v) is 13.4. The van der Waals surface area contributed by atoms with E-state index in [0.29, 0.717) is 0 Å². The van der Waals surface area contributed by atoms with Gasteiger partial charge in [0.1, 0.15) is 0 Å². The summed E-state index contributed by atoms with van der Waals surface area (Å²) in [5.41, 5.74) is 2.52. The Morgan fingerprint density at radius 1 is 1.25 bits per heavy atom. The molecular formula is C18H27NO. The van der Waals surface area contributed by atoms with E-state index in [4.69, 9.17) is 0 Å². The first kappa shape index (κ1) is 16.5. The smallest absolute Gasteiger partial charge is 0.244 e. The van der Waals surface area contributed by atoms with Gasteiger partial charge < -0.3 is 5.32 Å². The van der Waals surface area contributed by atoms with Gasteiger partial charge in [0.2, 0.25) is 5.91 Å². The molecule has 2 heteroatoms. The van der Waals surface area contributed by atoms with Crippen LogP contribution in [0.25, 0.3) is 6.08 Å². The number of hydrogen-bond acceptors (Lipinski definition) is 1. The van der Waals surface area contributed by atoms with Crippen LogP contribution in [0.4, 0.5) is 0 Å². The lowest BCUT2D eigenvalue weighted by molar-refractivity contribution is -0.117. The molecule has 2 nitrogen and oxygen atoms in total. The maximum atomic E-state index is 11.7. The normalized spacial score (nSPS) is 13.4. The lowest BCUT2D eigenvalue weighted by Gasteiger charge is -2.18. The summed E-state index contributed by atoms with van der Waals surface area (Å²) in [7, 11) is 0. The minimum atomic E-state index is -0.0224. The molecule has 0 unspecified atom stereocenters. The first-order chi connectivity index (χ1) is 9.32. The Kier molecular flexibility index (Phi) is 6.00. The van der Waals surface area contributed by atoms with Crippen molar-refractivity contribution in [2.75, 3.05) is 0 Å². The Labute approximate surface area is 123 Å². The van der Waals surface area contributed by atoms with E-state index >= 15 is 0 Å². The molecule has 1 atom stereocenters. The van der Waals surface area contributed by atoms with Gasteiger partial charge in [0.05, 0.1) is 0 Å². The molecule has 1 amide bonds. The van der Waals surface area contributed by atoms with Crippen molar-refractivity contribution in [2.45, 2.75) is 58.9 Å². The number of nitrogens with one attached hydrogen (secondary N) is 1. The Hall–Kier alpha value is -1.57. The molecule has 0 aliphatic carbocycles. The van der Waals surface area contributed by atoms with E-state index < -0.39 is 0 Å². The topological polar surface area (TPSA) is 29.1 Å². The van der Waals surface area contributed by atoms with Crippen LogP contribution in [0.1, 0.15) is 58.6 Å². The monoisotopic (exact) mass is 273 g/mol. The van der Waals surface area contributed by atoms with E-state index in [-0.39, 0.29) is 17.4 Å². The van der Waals surface area contributed by atoms with Gasteiger partial charge in [-0.15, -0.1) is 0 Å². The van der Waals surface area contributed by atoms with Crippen LogP contribution >= 0.6 is 0 Å². The zero-order valence-electron chi connectivity index (χ0n) is 13.4. The van der Waals surface area contributed by atoms with Gasteiger partial charge in [-0.2, -0.15) is 0 Å². The third-order valence-corrected chi connectivity index (χ3v) is 3.31. The number of hydrogen-bond donors (Lipinski definition) is 1. The number of carbonyl (C=O) groups is 1. The van der Waals surface area contributed by atoms with Crippen LogP contribution in [0.3, 0.4) is 0 Å². The van der Waals surface area contributed by atoms with Crippen LogP contribution in [0, 0.1) is 0 Å². The van der Waals surface area contributed by atoms with E-state index in [2.05, 4.69) is 57.3 Å². The number of carbonyl (C=O) groups excluding carboxylic acids is 1. The summed E-state index contributed by atoms with van der Waals surface area (Å²) in [6, 6.07) is 8.59. The van der Waals surface area contributed by atoms with Crippen LogP contribution in [0.2, 0.25) is 0 Å². The fourth-order valence-corrected chi connectivity index (χ4v) is 2.06. The lowest BCUT2D eigenvalue weighted by Crippen LogP contribution is -2.30. The first-order valence-corrected chi connectivity index (χ1v) is 7.42. The second-order valence-corrected chi connectivity index (χ2v) is 6.40. The van der Waals surface area contributed by atoms with E-state index in [1.165, 1.54) is 5.56 Å². The fourth-order valence-electron chi connectivity index (χ4n) is 2.06. The van der Waals surface area contributed by atoms with E-state index in [1.54, 1.807) is 6.08 Å². The third kappa shape index (κ3) is 5.60. The van der Waals surface area contributed by atoms with Crippen LogP contribution in [-0.4, -0.2) is 11.9 Å². The molecule has 0 spiro atoms. The van der Waals surface area contributed by atoms with Gasteiger partial charge in [-0.1, -0.05) is 58.4 Å². The average Bonchev–Trinajstić information content (AvgIpc) is 2.36. The minimum Gasteiger partial charge on any atom is -0.350 e. The van der Waals surface area contributed by atoms with Crippen molar-refractivity contribution in [1.29, 1.82) is 0 Å². The molecule has 0 fully saturated rings. The molecule has 1 rings (SSSR count). The highest BCUT2D eigenvalue weighted by Gasteiger charge is 2.12. The van der Waals surface area contributed by atoms with Gasteiger partial charge in [-0.3, -0.25) is 4.79 Å². The summed E-state index contributed by atoms with van der Waals surface area (Å²) in [6.07, 6.45) is 5.57. The molecule has 20 heavy (non-hydrogen) atoms. The lowest BCUT2D eigenvalue weighted by atomic mass is 9.87. The van der Waals surface area contributed by atoms with Crippen molar-refractivity contribution in [3.8, 4) is 0 Å². The van der Waals surface area contributed by atoms with Crippen molar-refractivity contribution in [3.63, 3.8) is 0 Å². The molecule has 0 saturated carbocycles. The van der Waals surface area contributed by atoms with E-state index in [1.807, 2.05) is 13.0 Å². The van der Waals surface area contributed by atoms with Crippen LogP contribution in [-0.2, 0) is 10.2 Å². The molecular weight excluding hydrogens is 246 g/mol. The summed E-state index contributed by atoms with van der Waals surface area (Å²) in [5, 5.41) is 2.96. The van der Waals surface area contributed by atoms with Crippen molar-refractivity contribution < 1.29 is 4.79 Å². The highest BCUT2D eigenvalue weighted by molar-refractivity contribution is 5.91. The van der Waals surface area contributed by atoms with Crippen molar-refractivity contribution in [2.24, 2.45) is 0 Å². The Balaban J connectivity index is 2.60. The summed E-state index contributed by atoms with van der Waals surface area (Å²) < 4.78 is 0. The second-order valence-electron chi connectivity index (χ2n) is 6.40. The zero-order chi connectivity index (χ0) is 15.2. The van der Waals surface area contributed by atoms with Gasteiger partial charge in [0, 0.05) is 12.1 Å². The Morgan fingerprint density at radius 2 is 1.85 bits per heavy atom. The van der Waals surface area contributed by atoms with E-state index in [9.17, 15) is 4.79 Å². The first-order valence-electron chi connectivity index (χ1n) is 7.42. The van der Waals surface area contributed by atoms with Gasteiger partial charge in [-0.05, 0) is 36.0 Å². The molecule has 0 heterocycles. The van der Waals surface area contributed by atoms with E-state index in [0.717, 1.165) is 18.4 Å². The molecule has 1 N–H and O–H groups in total. The summed E-state index contributed by atoms with van der Waals surface area (Å²) >= 11 is 0. The fraction of sp³-hybridized carbons (Fsp3) is 0.500. The number of rotatable bonds is 5. The van der Waals surface area contributed by atoms with Gasteiger partial charge in [0.15, 0.2) is 0 Å². The van der Waals surface area contributed by atoms with Gasteiger partial charge >= 0.3 is 0 Å². The Morgan fingerprint density at radius 3 is 2.35 bits per heavy atom. The summed E-state index contributed by atoms with van der Waals surface area (Å²) in [6.45, 7) is 10.7. The van der Waals surface area contributed by atoms with Crippen molar-refractivity contribution >= 4 is 12.0 Å². The second kappa shape index (κ2) is 7.28. The molecule has 1 aromatic rings. The standard InChI is InChI=1S/C18H27NO/c1-6-7-14(2)19-17(20)13-10-15-8-11-16(12-9-15)18(3,4)5/h8-14H,6-7H2,1-5H3,(H,19,20)/b13-10+/t14-/m0/s1. The van der Waals surface area contributed by atoms with Crippen molar-refractivity contribution in [3.05, 3.63) is 41.5 Å². The molecule has 0 saturated heterocycles. The molecule has 0 aliphatic heterocycles. The highest BCUT2D eigenvalue weighted by Crippen LogP contribution is 2.22. The SMILES string of the molecule is CCC[C@H](C)NC(=O)/C=C/c1ccc(C(C)(C)C)cc1. The average molecular weight is 273 g/mol. The maximum absolute atomic E-state index is 11.7. The van der Waals surface area contributed by atoms with Gasteiger partial charge in [0.25, 0.3) is 0 Å². The maximum Gasteiger partial charge on any atom is 0.244 e. The molecule has 110 valence electrons. The molecule has 0 bridgehead atoms.